The zero-order valence-electron chi connectivity index (χ0n) is 6.69. The molecule has 1 rings (SSSR count). The van der Waals surface area contributed by atoms with Gasteiger partial charge in [-0.3, -0.25) is 4.79 Å². The van der Waals surface area contributed by atoms with Crippen molar-refractivity contribution in [3.8, 4) is 0 Å². The first-order valence-corrected chi connectivity index (χ1v) is 4.23. The summed E-state index contributed by atoms with van der Waals surface area (Å²) < 4.78 is 0. The van der Waals surface area contributed by atoms with Crippen molar-refractivity contribution < 1.29 is 9.90 Å². The summed E-state index contributed by atoms with van der Waals surface area (Å²) in [5.41, 5.74) is 0. The molecule has 0 aromatic heterocycles. The maximum atomic E-state index is 11.2. The summed E-state index contributed by atoms with van der Waals surface area (Å²) in [7, 11) is 0. The summed E-state index contributed by atoms with van der Waals surface area (Å²) in [6.45, 7) is 3.76. The van der Waals surface area contributed by atoms with Crippen molar-refractivity contribution in [2.24, 2.45) is 0 Å². The van der Waals surface area contributed by atoms with Crippen LogP contribution in [0.25, 0.3) is 0 Å². The fourth-order valence-electron chi connectivity index (χ4n) is 1.32. The van der Waals surface area contributed by atoms with Gasteiger partial charge < -0.3 is 10.0 Å². The Labute approximate surface area is 71.8 Å². The van der Waals surface area contributed by atoms with E-state index in [4.69, 9.17) is 0 Å². The number of carbonyl (C=O) groups excluding carboxylic acids is 1. The van der Waals surface area contributed by atoms with Gasteiger partial charge in [0.1, 0.15) is 6.23 Å². The van der Waals surface area contributed by atoms with E-state index in [-0.39, 0.29) is 17.2 Å². The van der Waals surface area contributed by atoms with Crippen LogP contribution in [0.3, 0.4) is 0 Å². The minimum Gasteiger partial charge on any atom is -0.372 e. The second-order valence-electron chi connectivity index (χ2n) is 3.08. The van der Waals surface area contributed by atoms with Gasteiger partial charge in [0.05, 0.1) is 5.25 Å². The molecular formula is C7H13NO2S. The fourth-order valence-corrected chi connectivity index (χ4v) is 1.62. The highest BCUT2D eigenvalue weighted by Crippen LogP contribution is 2.23. The second kappa shape index (κ2) is 3.03. The number of aliphatic hydroxyl groups excluding tert-OH is 1. The van der Waals surface area contributed by atoms with Gasteiger partial charge in [0.2, 0.25) is 5.91 Å². The van der Waals surface area contributed by atoms with E-state index < -0.39 is 6.23 Å². The van der Waals surface area contributed by atoms with E-state index in [2.05, 4.69) is 12.6 Å². The van der Waals surface area contributed by atoms with Gasteiger partial charge in [-0.15, -0.1) is 0 Å². The highest BCUT2D eigenvalue weighted by atomic mass is 32.1. The van der Waals surface area contributed by atoms with Gasteiger partial charge in [-0.1, -0.05) is 0 Å². The SMILES string of the molecule is CC(C)N1C(=O)CC(S)C1O. The van der Waals surface area contributed by atoms with Gasteiger partial charge >= 0.3 is 0 Å². The molecule has 0 radical (unpaired) electrons. The van der Waals surface area contributed by atoms with E-state index in [0.717, 1.165) is 0 Å². The first-order chi connectivity index (χ1) is 5.04. The van der Waals surface area contributed by atoms with Crippen molar-refractivity contribution in [1.29, 1.82) is 0 Å². The van der Waals surface area contributed by atoms with Gasteiger partial charge in [-0.05, 0) is 13.8 Å². The largest absolute Gasteiger partial charge is 0.372 e. The number of likely N-dealkylation sites (tertiary alicyclic amines) is 1. The topological polar surface area (TPSA) is 40.5 Å². The Morgan fingerprint density at radius 3 is 2.45 bits per heavy atom. The number of carbonyl (C=O) groups is 1. The third-order valence-electron chi connectivity index (χ3n) is 1.86. The monoisotopic (exact) mass is 175 g/mol. The van der Waals surface area contributed by atoms with E-state index in [1.165, 1.54) is 4.90 Å². The predicted molar refractivity (Wildman–Crippen MR) is 45.4 cm³/mol. The molecule has 1 amide bonds. The Bertz CT molecular complexity index is 172. The summed E-state index contributed by atoms with van der Waals surface area (Å²) in [6, 6.07) is 0.0645. The molecule has 1 heterocycles. The van der Waals surface area contributed by atoms with Crippen LogP contribution < -0.4 is 0 Å². The number of nitrogens with zero attached hydrogens (tertiary/aromatic N) is 1. The molecule has 1 aliphatic rings. The van der Waals surface area contributed by atoms with Gasteiger partial charge in [0.15, 0.2) is 0 Å². The zero-order valence-corrected chi connectivity index (χ0v) is 7.58. The third-order valence-corrected chi connectivity index (χ3v) is 2.31. The van der Waals surface area contributed by atoms with Gasteiger partial charge in [0.25, 0.3) is 0 Å². The molecule has 0 aromatic rings. The molecule has 0 spiro atoms. The lowest BCUT2D eigenvalue weighted by Gasteiger charge is -2.25. The highest BCUT2D eigenvalue weighted by molar-refractivity contribution is 7.81. The Balaban J connectivity index is 2.71. The van der Waals surface area contributed by atoms with E-state index in [1.807, 2.05) is 13.8 Å². The van der Waals surface area contributed by atoms with Crippen LogP contribution in [-0.4, -0.2) is 33.4 Å². The lowest BCUT2D eigenvalue weighted by atomic mass is 10.3. The minimum atomic E-state index is -0.703. The standard InChI is InChI=1S/C7H13NO2S/c1-4(2)8-6(9)3-5(11)7(8)10/h4-5,7,10-11H,3H2,1-2H3. The number of thiol groups is 1. The van der Waals surface area contributed by atoms with Crippen LogP contribution in [0.15, 0.2) is 0 Å². The number of hydrogen-bond donors (Lipinski definition) is 2. The van der Waals surface area contributed by atoms with Crippen LogP contribution in [0.2, 0.25) is 0 Å². The van der Waals surface area contributed by atoms with Crippen LogP contribution in [0.1, 0.15) is 20.3 Å². The molecule has 1 fully saturated rings. The van der Waals surface area contributed by atoms with Crippen LogP contribution in [0.4, 0.5) is 0 Å². The van der Waals surface area contributed by atoms with Crippen LogP contribution >= 0.6 is 12.6 Å². The van der Waals surface area contributed by atoms with Crippen molar-refractivity contribution >= 4 is 18.5 Å². The van der Waals surface area contributed by atoms with Crippen LogP contribution in [-0.2, 0) is 4.79 Å². The van der Waals surface area contributed by atoms with Crippen molar-refractivity contribution in [3.05, 3.63) is 0 Å². The minimum absolute atomic E-state index is 0.00694. The average Bonchev–Trinajstić information content (AvgIpc) is 2.07. The zero-order chi connectivity index (χ0) is 8.59. The smallest absolute Gasteiger partial charge is 0.226 e. The quantitative estimate of drug-likeness (QED) is 0.561. The van der Waals surface area contributed by atoms with Crippen molar-refractivity contribution in [2.45, 2.75) is 37.8 Å². The Hall–Kier alpha value is -0.220. The number of rotatable bonds is 1. The van der Waals surface area contributed by atoms with Crippen LogP contribution in [0.5, 0.6) is 0 Å². The summed E-state index contributed by atoms with van der Waals surface area (Å²) in [4.78, 5) is 12.6. The molecule has 0 bridgehead atoms. The van der Waals surface area contributed by atoms with Crippen molar-refractivity contribution in [3.63, 3.8) is 0 Å². The molecular weight excluding hydrogens is 162 g/mol. The van der Waals surface area contributed by atoms with E-state index >= 15 is 0 Å². The van der Waals surface area contributed by atoms with E-state index in [1.54, 1.807) is 0 Å². The molecule has 4 heteroatoms. The third kappa shape index (κ3) is 1.51. The summed E-state index contributed by atoms with van der Waals surface area (Å²) in [5.74, 6) is -0.00694. The molecule has 1 N–H and O–H groups in total. The maximum Gasteiger partial charge on any atom is 0.226 e. The fraction of sp³-hybridized carbons (Fsp3) is 0.857. The molecule has 1 saturated heterocycles. The average molecular weight is 175 g/mol. The van der Waals surface area contributed by atoms with E-state index in [0.29, 0.717) is 6.42 Å². The number of amides is 1. The molecule has 11 heavy (non-hydrogen) atoms. The lowest BCUT2D eigenvalue weighted by Crippen LogP contribution is -2.40. The van der Waals surface area contributed by atoms with Gasteiger partial charge in [-0.25, -0.2) is 0 Å². The van der Waals surface area contributed by atoms with Gasteiger partial charge in [-0.2, -0.15) is 12.6 Å². The number of hydrogen-bond acceptors (Lipinski definition) is 3. The summed E-state index contributed by atoms with van der Waals surface area (Å²) in [6.07, 6.45) is -0.353. The molecule has 2 atom stereocenters. The normalized spacial score (nSPS) is 32.1. The lowest BCUT2D eigenvalue weighted by molar-refractivity contribution is -0.135. The molecule has 0 aliphatic carbocycles. The highest BCUT2D eigenvalue weighted by Gasteiger charge is 2.37. The predicted octanol–water partition coefficient (Wildman–Crippen LogP) is 0.244. The van der Waals surface area contributed by atoms with Gasteiger partial charge in [0, 0.05) is 12.5 Å². The van der Waals surface area contributed by atoms with Crippen molar-refractivity contribution in [1.82, 2.24) is 4.90 Å². The Kier molecular flexibility index (Phi) is 2.44. The summed E-state index contributed by atoms with van der Waals surface area (Å²) in [5, 5.41) is 9.21. The second-order valence-corrected chi connectivity index (χ2v) is 3.74. The van der Waals surface area contributed by atoms with Crippen molar-refractivity contribution in [2.75, 3.05) is 0 Å². The van der Waals surface area contributed by atoms with Crippen LogP contribution in [0, 0.1) is 0 Å². The molecule has 64 valence electrons. The molecule has 0 saturated carbocycles. The Morgan fingerprint density at radius 1 is 1.73 bits per heavy atom. The maximum absolute atomic E-state index is 11.2. The molecule has 1 aliphatic heterocycles. The molecule has 2 unspecified atom stereocenters. The first-order valence-electron chi connectivity index (χ1n) is 3.71. The summed E-state index contributed by atoms with van der Waals surface area (Å²) >= 11 is 4.09. The number of aliphatic hydroxyl groups is 1. The molecule has 0 aromatic carbocycles. The van der Waals surface area contributed by atoms with E-state index in [9.17, 15) is 9.90 Å². The molecule has 3 nitrogen and oxygen atoms in total. The first kappa shape index (κ1) is 8.87. The Morgan fingerprint density at radius 2 is 2.27 bits per heavy atom.